The highest BCUT2D eigenvalue weighted by molar-refractivity contribution is 5.71. The summed E-state index contributed by atoms with van der Waals surface area (Å²) in [6.45, 7) is 7.16. The molecule has 98 valence electrons. The lowest BCUT2D eigenvalue weighted by Crippen LogP contribution is -2.34. The van der Waals surface area contributed by atoms with Crippen molar-refractivity contribution >= 4 is 12.4 Å². The van der Waals surface area contributed by atoms with E-state index in [9.17, 15) is 9.59 Å². The zero-order valence-electron chi connectivity index (χ0n) is 11.1. The van der Waals surface area contributed by atoms with E-state index in [1.165, 1.54) is 0 Å². The Bertz CT molecular complexity index is 438. The standard InChI is InChI=1S/C13H18N2O3/c1-9(14-12(17)18-13(2,3)4)11-7-5-6-10(8-16)15-11/h5-9H,1-4H3,(H,14,17)/t9-/m1/s1. The lowest BCUT2D eigenvalue weighted by atomic mass is 10.2. The molecule has 0 fully saturated rings. The lowest BCUT2D eigenvalue weighted by Gasteiger charge is -2.21. The number of hydrogen-bond acceptors (Lipinski definition) is 4. The molecule has 0 unspecified atom stereocenters. The van der Waals surface area contributed by atoms with Gasteiger partial charge < -0.3 is 10.1 Å². The molecule has 1 rings (SSSR count). The minimum absolute atomic E-state index is 0.320. The molecule has 0 aliphatic carbocycles. The van der Waals surface area contributed by atoms with Crippen LogP contribution in [0.2, 0.25) is 0 Å². The Kier molecular flexibility index (Phi) is 4.42. The summed E-state index contributed by atoms with van der Waals surface area (Å²) in [5.41, 5.74) is 0.415. The van der Waals surface area contributed by atoms with Crippen LogP contribution in [-0.2, 0) is 4.74 Å². The average Bonchev–Trinajstić information content (AvgIpc) is 2.26. The van der Waals surface area contributed by atoms with Gasteiger partial charge in [-0.15, -0.1) is 0 Å². The molecule has 1 aromatic heterocycles. The van der Waals surface area contributed by atoms with Crippen LogP contribution >= 0.6 is 0 Å². The number of alkyl carbamates (subject to hydrolysis) is 1. The summed E-state index contributed by atoms with van der Waals surface area (Å²) < 4.78 is 5.14. The molecule has 1 amide bonds. The van der Waals surface area contributed by atoms with Crippen LogP contribution < -0.4 is 5.32 Å². The van der Waals surface area contributed by atoms with Crippen molar-refractivity contribution < 1.29 is 14.3 Å². The maximum absolute atomic E-state index is 11.6. The molecular formula is C13H18N2O3. The lowest BCUT2D eigenvalue weighted by molar-refractivity contribution is 0.0507. The quantitative estimate of drug-likeness (QED) is 0.837. The van der Waals surface area contributed by atoms with Gasteiger partial charge in [0.25, 0.3) is 0 Å². The van der Waals surface area contributed by atoms with Crippen molar-refractivity contribution in [1.82, 2.24) is 10.3 Å². The van der Waals surface area contributed by atoms with Crippen LogP contribution in [0.25, 0.3) is 0 Å². The molecule has 5 heteroatoms. The van der Waals surface area contributed by atoms with Gasteiger partial charge in [0.1, 0.15) is 11.3 Å². The van der Waals surface area contributed by atoms with Crippen LogP contribution in [0.15, 0.2) is 18.2 Å². The molecule has 1 N–H and O–H groups in total. The molecule has 0 aliphatic heterocycles. The summed E-state index contributed by atoms with van der Waals surface area (Å²) >= 11 is 0. The summed E-state index contributed by atoms with van der Waals surface area (Å²) in [6, 6.07) is 4.75. The van der Waals surface area contributed by atoms with E-state index in [-0.39, 0.29) is 6.04 Å². The number of pyridine rings is 1. The van der Waals surface area contributed by atoms with Gasteiger partial charge in [0, 0.05) is 0 Å². The van der Waals surface area contributed by atoms with Crippen LogP contribution in [0.5, 0.6) is 0 Å². The van der Waals surface area contributed by atoms with Gasteiger partial charge in [-0.25, -0.2) is 9.78 Å². The summed E-state index contributed by atoms with van der Waals surface area (Å²) in [6.07, 6.45) is 0.164. The van der Waals surface area contributed by atoms with E-state index in [2.05, 4.69) is 10.3 Å². The molecule has 0 saturated carbocycles. The van der Waals surface area contributed by atoms with E-state index in [0.717, 1.165) is 0 Å². The zero-order valence-corrected chi connectivity index (χ0v) is 11.1. The predicted molar refractivity (Wildman–Crippen MR) is 67.4 cm³/mol. The Morgan fingerprint density at radius 1 is 1.44 bits per heavy atom. The van der Waals surface area contributed by atoms with Crippen molar-refractivity contribution in [2.75, 3.05) is 0 Å². The van der Waals surface area contributed by atoms with E-state index in [1.807, 2.05) is 0 Å². The summed E-state index contributed by atoms with van der Waals surface area (Å²) in [4.78, 5) is 26.3. The topological polar surface area (TPSA) is 68.3 Å². The van der Waals surface area contributed by atoms with Crippen molar-refractivity contribution in [3.05, 3.63) is 29.6 Å². The minimum Gasteiger partial charge on any atom is -0.444 e. The summed E-state index contributed by atoms with van der Waals surface area (Å²) in [5.74, 6) is 0. The van der Waals surface area contributed by atoms with Crippen LogP contribution in [0.3, 0.4) is 0 Å². The van der Waals surface area contributed by atoms with Crippen molar-refractivity contribution in [2.45, 2.75) is 39.3 Å². The number of carbonyl (C=O) groups excluding carboxylic acids is 2. The van der Waals surface area contributed by atoms with Crippen molar-refractivity contribution in [3.8, 4) is 0 Å². The second kappa shape index (κ2) is 5.62. The molecule has 5 nitrogen and oxygen atoms in total. The zero-order chi connectivity index (χ0) is 13.8. The number of aromatic nitrogens is 1. The molecule has 1 atom stereocenters. The average molecular weight is 250 g/mol. The highest BCUT2D eigenvalue weighted by Crippen LogP contribution is 2.12. The highest BCUT2D eigenvalue weighted by Gasteiger charge is 2.18. The number of amides is 1. The second-order valence-electron chi connectivity index (χ2n) is 4.97. The Morgan fingerprint density at radius 3 is 2.67 bits per heavy atom. The number of nitrogens with zero attached hydrogens (tertiary/aromatic N) is 1. The van der Waals surface area contributed by atoms with E-state index in [1.54, 1.807) is 45.9 Å². The maximum atomic E-state index is 11.6. The predicted octanol–water partition coefficient (Wildman–Crippen LogP) is 2.48. The fourth-order valence-corrected chi connectivity index (χ4v) is 1.33. The fraction of sp³-hybridized carbons (Fsp3) is 0.462. The molecule has 1 heterocycles. The fourth-order valence-electron chi connectivity index (χ4n) is 1.33. The van der Waals surface area contributed by atoms with Gasteiger partial charge in [0.05, 0.1) is 11.7 Å². The molecular weight excluding hydrogens is 232 g/mol. The van der Waals surface area contributed by atoms with Gasteiger partial charge >= 0.3 is 6.09 Å². The highest BCUT2D eigenvalue weighted by atomic mass is 16.6. The number of rotatable bonds is 3. The molecule has 0 bridgehead atoms. The van der Waals surface area contributed by atoms with E-state index < -0.39 is 11.7 Å². The van der Waals surface area contributed by atoms with Crippen LogP contribution in [0.4, 0.5) is 4.79 Å². The van der Waals surface area contributed by atoms with Gasteiger partial charge in [-0.05, 0) is 39.8 Å². The SMILES string of the molecule is C[C@@H](NC(=O)OC(C)(C)C)c1cccc(C=O)n1. The third-order valence-electron chi connectivity index (χ3n) is 2.09. The minimum atomic E-state index is -0.540. The summed E-state index contributed by atoms with van der Waals surface area (Å²) in [5, 5.41) is 2.66. The molecule has 18 heavy (non-hydrogen) atoms. The molecule has 0 aliphatic rings. The van der Waals surface area contributed by atoms with Crippen LogP contribution in [0.1, 0.15) is 49.9 Å². The van der Waals surface area contributed by atoms with Gasteiger partial charge in [0.2, 0.25) is 0 Å². The number of carbonyl (C=O) groups is 2. The maximum Gasteiger partial charge on any atom is 0.408 e. The third-order valence-corrected chi connectivity index (χ3v) is 2.09. The van der Waals surface area contributed by atoms with Crippen molar-refractivity contribution in [1.29, 1.82) is 0 Å². The van der Waals surface area contributed by atoms with Gasteiger partial charge in [-0.2, -0.15) is 0 Å². The first kappa shape index (κ1) is 14.2. The van der Waals surface area contributed by atoms with Crippen LogP contribution in [-0.4, -0.2) is 23.0 Å². The monoisotopic (exact) mass is 250 g/mol. The molecule has 0 spiro atoms. The normalized spacial score (nSPS) is 12.7. The molecule has 1 aromatic rings. The van der Waals surface area contributed by atoms with Crippen LogP contribution in [0, 0.1) is 0 Å². The third kappa shape index (κ3) is 4.53. The Labute approximate surface area is 107 Å². The number of nitrogens with one attached hydrogen (secondary N) is 1. The smallest absolute Gasteiger partial charge is 0.408 e. The number of hydrogen-bond donors (Lipinski definition) is 1. The molecule has 0 saturated heterocycles. The van der Waals surface area contributed by atoms with E-state index in [0.29, 0.717) is 17.7 Å². The molecule has 0 radical (unpaired) electrons. The molecule has 0 aromatic carbocycles. The largest absolute Gasteiger partial charge is 0.444 e. The van der Waals surface area contributed by atoms with Crippen molar-refractivity contribution in [2.24, 2.45) is 0 Å². The van der Waals surface area contributed by atoms with Gasteiger partial charge in [-0.3, -0.25) is 4.79 Å². The Balaban J connectivity index is 2.67. The second-order valence-corrected chi connectivity index (χ2v) is 4.97. The Morgan fingerprint density at radius 2 is 2.11 bits per heavy atom. The van der Waals surface area contributed by atoms with E-state index >= 15 is 0 Å². The Hall–Kier alpha value is -1.91. The number of ether oxygens (including phenoxy) is 1. The van der Waals surface area contributed by atoms with Gasteiger partial charge in [0.15, 0.2) is 6.29 Å². The summed E-state index contributed by atoms with van der Waals surface area (Å²) in [7, 11) is 0. The van der Waals surface area contributed by atoms with Gasteiger partial charge in [-0.1, -0.05) is 6.07 Å². The van der Waals surface area contributed by atoms with Crippen molar-refractivity contribution in [3.63, 3.8) is 0 Å². The first-order valence-electron chi connectivity index (χ1n) is 5.73. The first-order valence-corrected chi connectivity index (χ1v) is 5.73. The van der Waals surface area contributed by atoms with E-state index in [4.69, 9.17) is 4.74 Å². The first-order chi connectivity index (χ1) is 8.31. The number of aldehydes is 1.